The second-order valence-electron chi connectivity index (χ2n) is 16.8. The molecule has 0 spiro atoms. The molecule has 2 aliphatic heterocycles. The summed E-state index contributed by atoms with van der Waals surface area (Å²) in [6, 6.07) is 40.7. The maximum Gasteiger partial charge on any atom is 0.327 e. The molecule has 2 aliphatic rings. The number of hydrogen-bond acceptors (Lipinski definition) is 9. The summed E-state index contributed by atoms with van der Waals surface area (Å²) in [5.41, 5.74) is 4.78. The van der Waals surface area contributed by atoms with Crippen molar-refractivity contribution in [2.75, 3.05) is 45.8 Å². The standard InChI is InChI=1S/C27H22ClN3O5S.C26H22ClN3O3S.ClH/c28-23-7-5-22-16-24(8-6-21(22)15-23)37(35,36)30-13-14-31(25(17-30)27(33)34)26(32)20-3-1-18(2-4-20)19-9-11-29-12-10-19;27-24-7-5-23-18-25(8-6-22(23)17-24)34(32,33)30-15-13-29(14-16-30)26(31)21-3-1-19(2-4-21)20-9-11-28-12-10-20;/h1-12,15-16,25H,13-14,17H2,(H,33,34);1-12,17-18H,13-16H2;1H. The van der Waals surface area contributed by atoms with Crippen LogP contribution in [0.4, 0.5) is 0 Å². The number of rotatable bonds is 9. The van der Waals surface area contributed by atoms with Crippen LogP contribution in [0.15, 0.2) is 180 Å². The van der Waals surface area contributed by atoms with E-state index < -0.39 is 38.0 Å². The van der Waals surface area contributed by atoms with Gasteiger partial charge in [0.25, 0.3) is 11.8 Å². The zero-order chi connectivity index (χ0) is 49.9. The van der Waals surface area contributed by atoms with Gasteiger partial charge in [-0.25, -0.2) is 21.6 Å². The van der Waals surface area contributed by atoms with E-state index in [2.05, 4.69) is 9.97 Å². The van der Waals surface area contributed by atoms with Gasteiger partial charge in [-0.3, -0.25) is 19.6 Å². The highest BCUT2D eigenvalue weighted by Crippen LogP contribution is 2.29. The van der Waals surface area contributed by atoms with Gasteiger partial charge in [-0.1, -0.05) is 71.7 Å². The van der Waals surface area contributed by atoms with Crippen LogP contribution in [0, 0.1) is 0 Å². The predicted octanol–water partition coefficient (Wildman–Crippen LogP) is 9.28. The average molecular weight is 1060 g/mol. The van der Waals surface area contributed by atoms with Gasteiger partial charge >= 0.3 is 5.97 Å². The van der Waals surface area contributed by atoms with Crippen molar-refractivity contribution in [1.82, 2.24) is 28.4 Å². The molecular weight excluding hydrogens is 1020 g/mol. The molecule has 2 aromatic heterocycles. The number of piperazine rings is 2. The second-order valence-corrected chi connectivity index (χ2v) is 21.6. The molecule has 2 saturated heterocycles. The number of hydrogen-bond donors (Lipinski definition) is 1. The topological polar surface area (TPSA) is 178 Å². The number of amides is 2. The summed E-state index contributed by atoms with van der Waals surface area (Å²) in [4.78, 5) is 49.6. The zero-order valence-corrected chi connectivity index (χ0v) is 42.1. The van der Waals surface area contributed by atoms with Crippen LogP contribution < -0.4 is 0 Å². The minimum Gasteiger partial charge on any atom is -0.480 e. The van der Waals surface area contributed by atoms with E-state index in [-0.39, 0.29) is 60.8 Å². The van der Waals surface area contributed by atoms with Crippen molar-refractivity contribution in [3.05, 3.63) is 192 Å². The van der Waals surface area contributed by atoms with Crippen LogP contribution in [-0.2, 0) is 24.8 Å². The van der Waals surface area contributed by atoms with Crippen molar-refractivity contribution in [2.45, 2.75) is 15.8 Å². The monoisotopic (exact) mass is 1060 g/mol. The summed E-state index contributed by atoms with van der Waals surface area (Å²) in [7, 11) is -7.64. The van der Waals surface area contributed by atoms with Crippen LogP contribution in [-0.4, -0.2) is 120 Å². The molecule has 14 nitrogen and oxygen atoms in total. The van der Waals surface area contributed by atoms with Crippen molar-refractivity contribution in [3.63, 3.8) is 0 Å². The molecule has 368 valence electrons. The highest BCUT2D eigenvalue weighted by Gasteiger charge is 2.40. The molecule has 6 aromatic carbocycles. The third-order valence-electron chi connectivity index (χ3n) is 12.5. The summed E-state index contributed by atoms with van der Waals surface area (Å²) in [5.74, 6) is -1.83. The summed E-state index contributed by atoms with van der Waals surface area (Å²) >= 11 is 12.0. The molecule has 8 aromatic rings. The Bertz CT molecular complexity index is 3520. The highest BCUT2D eigenvalue weighted by molar-refractivity contribution is 7.89. The number of nitrogens with zero attached hydrogens (tertiary/aromatic N) is 6. The van der Waals surface area contributed by atoms with Gasteiger partial charge in [-0.2, -0.15) is 8.61 Å². The zero-order valence-electron chi connectivity index (χ0n) is 38.2. The number of carboxylic acid groups (broad SMARTS) is 1. The Morgan fingerprint density at radius 2 is 0.861 bits per heavy atom. The van der Waals surface area contributed by atoms with Crippen molar-refractivity contribution in [3.8, 4) is 22.3 Å². The maximum atomic E-state index is 13.4. The van der Waals surface area contributed by atoms with E-state index in [4.69, 9.17) is 23.2 Å². The Hall–Kier alpha value is -6.76. The van der Waals surface area contributed by atoms with E-state index in [1.54, 1.807) is 115 Å². The van der Waals surface area contributed by atoms with E-state index in [1.165, 1.54) is 15.3 Å². The fourth-order valence-corrected chi connectivity index (χ4v) is 11.9. The van der Waals surface area contributed by atoms with Crippen LogP contribution in [0.5, 0.6) is 0 Å². The normalized spacial score (nSPS) is 15.6. The number of fused-ring (bicyclic) bond motifs is 2. The molecule has 1 N–H and O–H groups in total. The van der Waals surface area contributed by atoms with Crippen LogP contribution in [0.3, 0.4) is 0 Å². The van der Waals surface area contributed by atoms with Gasteiger partial charge in [-0.05, 0) is 141 Å². The molecule has 4 heterocycles. The van der Waals surface area contributed by atoms with Gasteiger partial charge in [0.2, 0.25) is 20.0 Å². The van der Waals surface area contributed by atoms with Gasteiger partial charge < -0.3 is 14.9 Å². The van der Waals surface area contributed by atoms with Crippen LogP contribution in [0.2, 0.25) is 10.0 Å². The maximum absolute atomic E-state index is 13.4. The number of halogens is 3. The molecule has 19 heteroatoms. The molecule has 0 saturated carbocycles. The molecular formula is C53H45Cl3N6O8S2. The van der Waals surface area contributed by atoms with Gasteiger partial charge in [-0.15, -0.1) is 12.4 Å². The predicted molar refractivity (Wildman–Crippen MR) is 280 cm³/mol. The molecule has 2 fully saturated rings. The van der Waals surface area contributed by atoms with E-state index in [0.717, 1.165) is 42.7 Å². The van der Waals surface area contributed by atoms with Crippen molar-refractivity contribution < 1.29 is 36.3 Å². The Kier molecular flexibility index (Phi) is 15.7. The minimum absolute atomic E-state index is 0. The Balaban J connectivity index is 0.000000191. The van der Waals surface area contributed by atoms with E-state index in [0.29, 0.717) is 39.6 Å². The van der Waals surface area contributed by atoms with Crippen molar-refractivity contribution >= 4 is 95.0 Å². The lowest BCUT2D eigenvalue weighted by Gasteiger charge is -2.38. The van der Waals surface area contributed by atoms with Gasteiger partial charge in [0.05, 0.1) is 9.79 Å². The fourth-order valence-electron chi connectivity index (χ4n) is 8.62. The number of pyridine rings is 2. The molecule has 1 atom stereocenters. The number of benzene rings is 6. The first-order valence-electron chi connectivity index (χ1n) is 22.4. The van der Waals surface area contributed by atoms with E-state index in [9.17, 15) is 36.3 Å². The summed E-state index contributed by atoms with van der Waals surface area (Å²) in [6.07, 6.45) is 6.81. The second kappa shape index (κ2) is 21.9. The molecule has 72 heavy (non-hydrogen) atoms. The molecule has 10 rings (SSSR count). The molecule has 0 aliphatic carbocycles. The number of sulfonamides is 2. The average Bonchev–Trinajstić information content (AvgIpc) is 3.40. The Morgan fingerprint density at radius 1 is 0.472 bits per heavy atom. The fraction of sp³-hybridized carbons (Fsp3) is 0.151. The third kappa shape index (κ3) is 11.1. The summed E-state index contributed by atoms with van der Waals surface area (Å²) < 4.78 is 55.8. The van der Waals surface area contributed by atoms with Gasteiger partial charge in [0, 0.05) is 91.8 Å². The number of carboxylic acids is 1. The van der Waals surface area contributed by atoms with Gasteiger partial charge in [0.15, 0.2) is 0 Å². The minimum atomic E-state index is -3.99. The van der Waals surface area contributed by atoms with Crippen LogP contribution in [0.1, 0.15) is 20.7 Å². The summed E-state index contributed by atoms with van der Waals surface area (Å²) in [5, 5.41) is 14.2. The van der Waals surface area contributed by atoms with Crippen LogP contribution >= 0.6 is 35.6 Å². The number of aliphatic carboxylic acids is 1. The van der Waals surface area contributed by atoms with E-state index >= 15 is 0 Å². The Labute approximate surface area is 432 Å². The highest BCUT2D eigenvalue weighted by atomic mass is 35.5. The lowest BCUT2D eigenvalue weighted by atomic mass is 10.0. The smallest absolute Gasteiger partial charge is 0.327 e. The first kappa shape index (κ1) is 51.6. The van der Waals surface area contributed by atoms with E-state index in [1.807, 2.05) is 54.6 Å². The molecule has 0 radical (unpaired) electrons. The Morgan fingerprint density at radius 3 is 1.32 bits per heavy atom. The first-order valence-corrected chi connectivity index (χ1v) is 26.0. The number of carbonyl (C=O) groups is 3. The third-order valence-corrected chi connectivity index (χ3v) is 16.8. The van der Waals surface area contributed by atoms with Crippen molar-refractivity contribution in [1.29, 1.82) is 0 Å². The van der Waals surface area contributed by atoms with Crippen molar-refractivity contribution in [2.24, 2.45) is 0 Å². The number of aromatic nitrogens is 2. The largest absolute Gasteiger partial charge is 0.480 e. The molecule has 2 amide bonds. The molecule has 0 bridgehead atoms. The molecule has 1 unspecified atom stereocenters. The quantitative estimate of drug-likeness (QED) is 0.147. The SMILES string of the molecule is Cl.O=C(O)C1CN(S(=O)(=O)c2ccc3cc(Cl)ccc3c2)CCN1C(=O)c1ccc(-c2ccncc2)cc1.O=C(c1ccc(-c2ccncc2)cc1)N1CCN(S(=O)(=O)c2ccc3cc(Cl)ccc3c2)CC1. The lowest BCUT2D eigenvalue weighted by molar-refractivity contribution is -0.143. The van der Waals surface area contributed by atoms with Gasteiger partial charge in [0.1, 0.15) is 6.04 Å². The van der Waals surface area contributed by atoms with Crippen LogP contribution in [0.25, 0.3) is 43.8 Å². The first-order chi connectivity index (χ1) is 34.1. The number of carbonyl (C=O) groups excluding carboxylic acids is 2. The summed E-state index contributed by atoms with van der Waals surface area (Å²) in [6.45, 7) is 0.761. The lowest BCUT2D eigenvalue weighted by Crippen LogP contribution is -2.59.